The highest BCUT2D eigenvalue weighted by Gasteiger charge is 2.53. The molecule has 0 bridgehead atoms. The van der Waals surface area contributed by atoms with Gasteiger partial charge in [-0.05, 0) is 73.4 Å². The summed E-state index contributed by atoms with van der Waals surface area (Å²) in [5, 5.41) is 9.33. The predicted octanol–water partition coefficient (Wildman–Crippen LogP) is 5.12. The smallest absolute Gasteiger partial charge is 0.408 e. The molecule has 2 aromatic carbocycles. The number of rotatable bonds is 12. The van der Waals surface area contributed by atoms with Crippen molar-refractivity contribution >= 4 is 47.4 Å². The van der Waals surface area contributed by atoms with Gasteiger partial charge in [-0.1, -0.05) is 61.3 Å². The first-order chi connectivity index (χ1) is 19.1. The van der Waals surface area contributed by atoms with Crippen LogP contribution in [0.25, 0.3) is 0 Å². The van der Waals surface area contributed by atoms with Gasteiger partial charge >= 0.3 is 6.09 Å². The fraction of sp³-hybridized carbons (Fsp3) is 0.467. The Bertz CT molecular complexity index is 1230. The highest BCUT2D eigenvalue weighted by atomic mass is 35.5. The second-order valence-corrected chi connectivity index (χ2v) is 12.0. The van der Waals surface area contributed by atoms with Gasteiger partial charge in [-0.2, -0.15) is 0 Å². The van der Waals surface area contributed by atoms with Crippen molar-refractivity contribution in [2.75, 3.05) is 6.54 Å². The van der Waals surface area contributed by atoms with Gasteiger partial charge in [0, 0.05) is 27.9 Å². The van der Waals surface area contributed by atoms with Crippen LogP contribution in [0.3, 0.4) is 0 Å². The van der Waals surface area contributed by atoms with Gasteiger partial charge in [-0.15, -0.1) is 0 Å². The lowest BCUT2D eigenvalue weighted by atomic mass is 9.86. The molecule has 3 amide bonds. The van der Waals surface area contributed by atoms with Gasteiger partial charge in [-0.3, -0.25) is 9.59 Å². The van der Waals surface area contributed by atoms with E-state index < -0.39 is 35.6 Å². The van der Waals surface area contributed by atoms with Gasteiger partial charge in [0.2, 0.25) is 11.8 Å². The Balaban J connectivity index is 1.50. The number of ether oxygens (including phenoxy) is 1. The fourth-order valence-corrected chi connectivity index (χ4v) is 5.68. The summed E-state index contributed by atoms with van der Waals surface area (Å²) in [6.45, 7) is 4.42. The molecular formula is C30H35Cl2N3O5. The molecule has 1 heterocycles. The van der Waals surface area contributed by atoms with Crippen molar-refractivity contribution in [3.8, 4) is 0 Å². The number of nitrogens with one attached hydrogen (secondary N) is 3. The van der Waals surface area contributed by atoms with E-state index in [2.05, 4.69) is 16.0 Å². The molecule has 10 heteroatoms. The van der Waals surface area contributed by atoms with E-state index in [1.54, 1.807) is 18.2 Å². The molecule has 1 saturated heterocycles. The molecule has 4 rings (SSSR count). The number of benzene rings is 2. The molecule has 1 aliphatic heterocycles. The lowest BCUT2D eigenvalue weighted by Crippen LogP contribution is -2.51. The van der Waals surface area contributed by atoms with E-state index in [0.717, 1.165) is 24.0 Å². The Kier molecular flexibility index (Phi) is 9.74. The monoisotopic (exact) mass is 587 g/mol. The zero-order chi connectivity index (χ0) is 28.9. The fourth-order valence-electron chi connectivity index (χ4n) is 5.37. The average molecular weight is 589 g/mol. The molecule has 4 atom stereocenters. The first-order valence-corrected chi connectivity index (χ1v) is 14.4. The van der Waals surface area contributed by atoms with Crippen LogP contribution in [-0.4, -0.2) is 42.8 Å². The SMILES string of the molecule is CC(C)CC(NC(=O)OC(c1ccc(Cl)cc1)C1(c2cccc(Cl)c2)CC1)C(=O)NC(C=O)CC1CCNC1=O. The normalized spacial score (nSPS) is 19.7. The van der Waals surface area contributed by atoms with Crippen LogP contribution in [0.15, 0.2) is 48.5 Å². The highest BCUT2D eigenvalue weighted by molar-refractivity contribution is 6.30. The first kappa shape index (κ1) is 29.9. The molecule has 2 aromatic rings. The van der Waals surface area contributed by atoms with Gasteiger partial charge < -0.3 is 25.5 Å². The molecule has 3 N–H and O–H groups in total. The number of carbonyl (C=O) groups excluding carboxylic acids is 4. The van der Waals surface area contributed by atoms with Crippen LogP contribution in [0.2, 0.25) is 10.0 Å². The number of halogens is 2. The molecule has 2 fully saturated rings. The Morgan fingerprint density at radius 3 is 2.40 bits per heavy atom. The van der Waals surface area contributed by atoms with Crippen molar-refractivity contribution in [2.24, 2.45) is 11.8 Å². The molecule has 1 saturated carbocycles. The summed E-state index contributed by atoms with van der Waals surface area (Å²) >= 11 is 12.4. The highest BCUT2D eigenvalue weighted by Crippen LogP contribution is 2.58. The molecule has 8 nitrogen and oxygen atoms in total. The minimum absolute atomic E-state index is 0.0691. The Hall–Kier alpha value is -3.10. The van der Waals surface area contributed by atoms with E-state index in [4.69, 9.17) is 27.9 Å². The zero-order valence-electron chi connectivity index (χ0n) is 22.6. The van der Waals surface area contributed by atoms with Crippen LogP contribution >= 0.6 is 23.2 Å². The van der Waals surface area contributed by atoms with E-state index in [1.165, 1.54) is 0 Å². The summed E-state index contributed by atoms with van der Waals surface area (Å²) in [7, 11) is 0. The van der Waals surface area contributed by atoms with E-state index in [-0.39, 0.29) is 24.2 Å². The first-order valence-electron chi connectivity index (χ1n) is 13.6. The van der Waals surface area contributed by atoms with Gasteiger partial charge in [-0.25, -0.2) is 4.79 Å². The molecule has 40 heavy (non-hydrogen) atoms. The van der Waals surface area contributed by atoms with Gasteiger partial charge in [0.25, 0.3) is 0 Å². The van der Waals surface area contributed by atoms with Crippen molar-refractivity contribution < 1.29 is 23.9 Å². The van der Waals surface area contributed by atoms with E-state index in [1.807, 2.05) is 44.2 Å². The Labute approximate surface area is 244 Å². The lowest BCUT2D eigenvalue weighted by molar-refractivity contribution is -0.127. The summed E-state index contributed by atoms with van der Waals surface area (Å²) in [6, 6.07) is 12.9. The van der Waals surface area contributed by atoms with Crippen LogP contribution in [0.4, 0.5) is 4.79 Å². The number of carbonyl (C=O) groups is 4. The van der Waals surface area contributed by atoms with Crippen molar-refractivity contribution in [3.63, 3.8) is 0 Å². The van der Waals surface area contributed by atoms with Crippen LogP contribution in [-0.2, 0) is 24.5 Å². The lowest BCUT2D eigenvalue weighted by Gasteiger charge is -2.29. The minimum Gasteiger partial charge on any atom is -0.440 e. The van der Waals surface area contributed by atoms with Gasteiger partial charge in [0.1, 0.15) is 18.4 Å². The average Bonchev–Trinajstić information content (AvgIpc) is 3.63. The third-order valence-corrected chi connectivity index (χ3v) is 8.08. The number of amides is 3. The Morgan fingerprint density at radius 2 is 1.82 bits per heavy atom. The molecular weight excluding hydrogens is 553 g/mol. The molecule has 2 aliphatic rings. The number of hydrogen-bond acceptors (Lipinski definition) is 5. The summed E-state index contributed by atoms with van der Waals surface area (Å²) in [4.78, 5) is 50.3. The minimum atomic E-state index is -0.931. The summed E-state index contributed by atoms with van der Waals surface area (Å²) in [5.74, 6) is -0.887. The van der Waals surface area contributed by atoms with E-state index >= 15 is 0 Å². The largest absolute Gasteiger partial charge is 0.440 e. The molecule has 0 aromatic heterocycles. The van der Waals surface area contributed by atoms with Crippen LogP contribution in [0.1, 0.15) is 63.2 Å². The molecule has 214 valence electrons. The number of hydrogen-bond donors (Lipinski definition) is 3. The zero-order valence-corrected chi connectivity index (χ0v) is 24.1. The topological polar surface area (TPSA) is 114 Å². The summed E-state index contributed by atoms with van der Waals surface area (Å²) in [6.07, 6.45) is 1.98. The molecule has 0 radical (unpaired) electrons. The molecule has 4 unspecified atom stereocenters. The maximum absolute atomic E-state index is 13.4. The third-order valence-electron chi connectivity index (χ3n) is 7.60. The number of alkyl carbamates (subject to hydrolysis) is 1. The predicted molar refractivity (Wildman–Crippen MR) is 153 cm³/mol. The third kappa shape index (κ3) is 7.34. The Morgan fingerprint density at radius 1 is 1.10 bits per heavy atom. The van der Waals surface area contributed by atoms with Crippen molar-refractivity contribution in [1.29, 1.82) is 0 Å². The second kappa shape index (κ2) is 13.0. The van der Waals surface area contributed by atoms with Crippen molar-refractivity contribution in [2.45, 2.75) is 69.6 Å². The van der Waals surface area contributed by atoms with Crippen molar-refractivity contribution in [3.05, 3.63) is 69.7 Å². The second-order valence-electron chi connectivity index (χ2n) is 11.1. The van der Waals surface area contributed by atoms with E-state index in [9.17, 15) is 19.2 Å². The van der Waals surface area contributed by atoms with E-state index in [0.29, 0.717) is 35.7 Å². The maximum atomic E-state index is 13.4. The van der Waals surface area contributed by atoms with Gasteiger partial charge in [0.05, 0.1) is 6.04 Å². The number of aldehydes is 1. The summed E-state index contributed by atoms with van der Waals surface area (Å²) in [5.41, 5.74) is 1.28. The van der Waals surface area contributed by atoms with Crippen LogP contribution in [0, 0.1) is 11.8 Å². The van der Waals surface area contributed by atoms with Crippen LogP contribution < -0.4 is 16.0 Å². The maximum Gasteiger partial charge on any atom is 0.408 e. The standard InChI is InChI=1S/C30H35Cl2N3O5/c1-18(2)14-25(28(38)34-24(17-36)15-20-10-13-33-27(20)37)35-29(39)40-26(19-6-8-22(31)9-7-19)30(11-12-30)21-4-3-5-23(32)16-21/h3-9,16-18,20,24-26H,10-15H2,1-2H3,(H,33,37)(H,34,38)(H,35,39). The molecule has 1 aliphatic carbocycles. The van der Waals surface area contributed by atoms with Crippen molar-refractivity contribution in [1.82, 2.24) is 16.0 Å². The van der Waals surface area contributed by atoms with Gasteiger partial charge in [0.15, 0.2) is 0 Å². The van der Waals surface area contributed by atoms with Crippen LogP contribution in [0.5, 0.6) is 0 Å². The summed E-state index contributed by atoms with van der Waals surface area (Å²) < 4.78 is 6.07. The molecule has 0 spiro atoms. The quantitative estimate of drug-likeness (QED) is 0.298.